The quantitative estimate of drug-likeness (QED) is 0.569. The summed E-state index contributed by atoms with van der Waals surface area (Å²) in [5, 5.41) is 19.4. The van der Waals surface area contributed by atoms with Crippen LogP contribution in [-0.4, -0.2) is 25.7 Å². The number of carbonyl (C=O) groups excluding carboxylic acids is 1. The first-order valence-corrected chi connectivity index (χ1v) is 11.3. The van der Waals surface area contributed by atoms with Crippen molar-refractivity contribution in [1.82, 2.24) is 14.8 Å². The number of benzene rings is 2. The Labute approximate surface area is 185 Å². The first-order chi connectivity index (χ1) is 14.9. The van der Waals surface area contributed by atoms with Crippen molar-refractivity contribution in [2.45, 2.75) is 43.6 Å². The van der Waals surface area contributed by atoms with Gasteiger partial charge in [-0.1, -0.05) is 74.1 Å². The largest absolute Gasteiger partial charge is 0.508 e. The normalized spacial score (nSPS) is 19.5. The molecule has 1 aliphatic carbocycles. The molecule has 6 nitrogen and oxygen atoms in total. The van der Waals surface area contributed by atoms with Crippen molar-refractivity contribution in [3.05, 3.63) is 77.0 Å². The molecule has 0 spiro atoms. The van der Waals surface area contributed by atoms with E-state index >= 15 is 0 Å². The highest BCUT2D eigenvalue weighted by Gasteiger charge is 2.42. The number of aromatic hydroxyl groups is 1. The van der Waals surface area contributed by atoms with Crippen molar-refractivity contribution in [2.75, 3.05) is 5.32 Å². The van der Waals surface area contributed by atoms with E-state index in [-0.39, 0.29) is 16.9 Å². The zero-order chi connectivity index (χ0) is 21.6. The van der Waals surface area contributed by atoms with E-state index in [1.165, 1.54) is 5.56 Å². The van der Waals surface area contributed by atoms with Gasteiger partial charge in [-0.25, -0.2) is 4.68 Å². The molecule has 2 heterocycles. The van der Waals surface area contributed by atoms with E-state index < -0.39 is 6.04 Å². The predicted molar refractivity (Wildman–Crippen MR) is 121 cm³/mol. The summed E-state index contributed by atoms with van der Waals surface area (Å²) in [6.45, 7) is 4.21. The lowest BCUT2D eigenvalue weighted by Crippen LogP contribution is -2.36. The van der Waals surface area contributed by atoms with E-state index in [9.17, 15) is 9.90 Å². The van der Waals surface area contributed by atoms with Gasteiger partial charge in [0.1, 0.15) is 11.8 Å². The van der Waals surface area contributed by atoms with E-state index in [0.717, 1.165) is 17.9 Å². The Morgan fingerprint density at radius 2 is 1.87 bits per heavy atom. The van der Waals surface area contributed by atoms with Crippen LogP contribution in [0.2, 0.25) is 0 Å². The molecule has 0 fully saturated rings. The van der Waals surface area contributed by atoms with E-state index in [4.69, 9.17) is 10.1 Å². The maximum atomic E-state index is 13.2. The Morgan fingerprint density at radius 3 is 2.65 bits per heavy atom. The molecular weight excluding hydrogens is 408 g/mol. The average molecular weight is 433 g/mol. The fourth-order valence-corrected chi connectivity index (χ4v) is 5.16. The Morgan fingerprint density at radius 1 is 1.13 bits per heavy atom. The summed E-state index contributed by atoms with van der Waals surface area (Å²) >= 11 is 1.55. The molecule has 3 aromatic rings. The highest BCUT2D eigenvalue weighted by Crippen LogP contribution is 2.47. The maximum absolute atomic E-state index is 13.2. The number of nitrogens with one attached hydrogen (secondary N) is 1. The predicted octanol–water partition coefficient (Wildman–Crippen LogP) is 4.93. The number of carbonyl (C=O) groups is 1. The molecule has 158 valence electrons. The molecule has 1 unspecified atom stereocenters. The van der Waals surface area contributed by atoms with Gasteiger partial charge >= 0.3 is 0 Å². The first kappa shape index (κ1) is 19.9. The Bertz CT molecular complexity index is 1180. The molecular formula is C24H24N4O2S. The van der Waals surface area contributed by atoms with Crippen LogP contribution >= 0.6 is 11.8 Å². The van der Waals surface area contributed by atoms with Crippen LogP contribution in [0.1, 0.15) is 43.9 Å². The fourth-order valence-electron chi connectivity index (χ4n) is 4.38. The van der Waals surface area contributed by atoms with E-state index in [1.54, 1.807) is 28.6 Å². The van der Waals surface area contributed by atoms with Gasteiger partial charge in [0.2, 0.25) is 11.1 Å². The number of anilines is 1. The number of thioether (sulfide) groups is 1. The molecule has 0 bridgehead atoms. The number of hydrogen-bond donors (Lipinski definition) is 2. The number of para-hydroxylation sites is 1. The third-order valence-corrected chi connectivity index (χ3v) is 6.66. The average Bonchev–Trinajstić information content (AvgIpc) is 3.14. The second-order valence-electron chi connectivity index (χ2n) is 8.86. The molecule has 0 radical (unpaired) electrons. The number of nitrogens with zero attached hydrogens (tertiary/aromatic N) is 3. The van der Waals surface area contributed by atoms with Crippen LogP contribution in [0, 0.1) is 5.41 Å². The summed E-state index contributed by atoms with van der Waals surface area (Å²) in [5.41, 5.74) is 3.29. The highest BCUT2D eigenvalue weighted by molar-refractivity contribution is 7.98. The summed E-state index contributed by atoms with van der Waals surface area (Å²) in [5.74, 6) is 1.60. The molecule has 2 N–H and O–H groups in total. The lowest BCUT2D eigenvalue weighted by molar-refractivity contribution is -0.118. The SMILES string of the molecule is CC1(C)CC(=O)C2=C(C1)Nc1nc(SCc3ccccc3)nn1C2c1ccccc1O. The Hall–Kier alpha value is -3.06. The van der Waals surface area contributed by atoms with Crippen molar-refractivity contribution >= 4 is 23.5 Å². The minimum atomic E-state index is -0.491. The maximum Gasteiger partial charge on any atom is 0.227 e. The van der Waals surface area contributed by atoms with E-state index in [1.807, 2.05) is 30.3 Å². The lowest BCUT2D eigenvalue weighted by Gasteiger charge is -2.38. The molecule has 0 saturated carbocycles. The molecule has 0 amide bonds. The van der Waals surface area contributed by atoms with E-state index in [0.29, 0.717) is 28.7 Å². The standard InChI is InChI=1S/C24H24N4O2S/c1-24(2)12-17-20(19(30)13-24)21(16-10-6-7-11-18(16)29)28-22(25-17)26-23(27-28)31-14-15-8-4-3-5-9-15/h3-11,21,29H,12-14H2,1-2H3,(H,25,26,27). The van der Waals surface area contributed by atoms with Crippen LogP contribution in [-0.2, 0) is 10.5 Å². The minimum Gasteiger partial charge on any atom is -0.508 e. The van der Waals surface area contributed by atoms with Crippen LogP contribution in [0.5, 0.6) is 5.75 Å². The summed E-state index contributed by atoms with van der Waals surface area (Å²) in [7, 11) is 0. The van der Waals surface area contributed by atoms with Gasteiger partial charge in [0.05, 0.1) is 0 Å². The van der Waals surface area contributed by atoms with E-state index in [2.05, 4.69) is 31.3 Å². The topological polar surface area (TPSA) is 80.0 Å². The van der Waals surface area contributed by atoms with Crippen LogP contribution in [0.4, 0.5) is 5.95 Å². The summed E-state index contributed by atoms with van der Waals surface area (Å²) < 4.78 is 1.75. The molecule has 2 aliphatic rings. The number of fused-ring (bicyclic) bond motifs is 1. The third kappa shape index (κ3) is 3.74. The van der Waals surface area contributed by atoms with Crippen molar-refractivity contribution in [3.8, 4) is 5.75 Å². The summed E-state index contributed by atoms with van der Waals surface area (Å²) in [6, 6.07) is 16.8. The van der Waals surface area contributed by atoms with Crippen LogP contribution in [0.15, 0.2) is 71.0 Å². The van der Waals surface area contributed by atoms with Gasteiger partial charge in [-0.15, -0.1) is 5.10 Å². The minimum absolute atomic E-state index is 0.0895. The number of aromatic nitrogens is 3. The first-order valence-electron chi connectivity index (χ1n) is 10.4. The van der Waals surface area contributed by atoms with Gasteiger partial charge in [0.15, 0.2) is 5.78 Å². The summed E-state index contributed by atoms with van der Waals surface area (Å²) in [6.07, 6.45) is 1.22. The molecule has 2 aromatic carbocycles. The van der Waals surface area contributed by atoms with Crippen molar-refractivity contribution in [1.29, 1.82) is 0 Å². The number of allylic oxidation sites excluding steroid dienone is 2. The Balaban J connectivity index is 1.56. The van der Waals surface area contributed by atoms with Crippen LogP contribution in [0.25, 0.3) is 0 Å². The zero-order valence-electron chi connectivity index (χ0n) is 17.5. The number of phenols is 1. The molecule has 7 heteroatoms. The van der Waals surface area contributed by atoms with Crippen molar-refractivity contribution < 1.29 is 9.90 Å². The summed E-state index contributed by atoms with van der Waals surface area (Å²) in [4.78, 5) is 17.9. The number of phenolic OH excluding ortho intramolecular Hbond substituents is 1. The molecule has 0 saturated heterocycles. The number of Topliss-reactive ketones (excluding diaryl/α,β-unsaturated/α-hetero) is 1. The van der Waals surface area contributed by atoms with Gasteiger partial charge < -0.3 is 10.4 Å². The van der Waals surface area contributed by atoms with Gasteiger partial charge in [-0.3, -0.25) is 4.79 Å². The molecule has 31 heavy (non-hydrogen) atoms. The zero-order valence-corrected chi connectivity index (χ0v) is 18.3. The molecule has 1 aliphatic heterocycles. The van der Waals surface area contributed by atoms with Gasteiger partial charge in [0, 0.05) is 29.0 Å². The van der Waals surface area contributed by atoms with Crippen LogP contribution < -0.4 is 5.32 Å². The van der Waals surface area contributed by atoms with Crippen molar-refractivity contribution in [3.63, 3.8) is 0 Å². The highest BCUT2D eigenvalue weighted by atomic mass is 32.2. The fraction of sp³-hybridized carbons (Fsp3) is 0.292. The van der Waals surface area contributed by atoms with Gasteiger partial charge in [0.25, 0.3) is 0 Å². The Kier molecular flexibility index (Phi) is 4.85. The number of ketones is 1. The number of rotatable bonds is 4. The number of hydrogen-bond acceptors (Lipinski definition) is 6. The monoisotopic (exact) mass is 432 g/mol. The van der Waals surface area contributed by atoms with Gasteiger partial charge in [-0.2, -0.15) is 4.98 Å². The molecule has 1 aromatic heterocycles. The smallest absolute Gasteiger partial charge is 0.227 e. The lowest BCUT2D eigenvalue weighted by atomic mass is 9.73. The second kappa shape index (κ2) is 7.57. The molecule has 1 atom stereocenters. The third-order valence-electron chi connectivity index (χ3n) is 5.75. The second-order valence-corrected chi connectivity index (χ2v) is 9.80. The van der Waals surface area contributed by atoms with Crippen molar-refractivity contribution in [2.24, 2.45) is 5.41 Å². The molecule has 5 rings (SSSR count). The van der Waals surface area contributed by atoms with Gasteiger partial charge in [-0.05, 0) is 23.5 Å². The van der Waals surface area contributed by atoms with Crippen LogP contribution in [0.3, 0.4) is 0 Å².